The van der Waals surface area contributed by atoms with E-state index in [9.17, 15) is 13.2 Å². The van der Waals surface area contributed by atoms with Crippen molar-refractivity contribution >= 4 is 0 Å². The Morgan fingerprint density at radius 1 is 1.10 bits per heavy atom. The van der Waals surface area contributed by atoms with Crippen LogP contribution in [0.4, 0.5) is 13.2 Å². The number of aromatic nitrogens is 2. The van der Waals surface area contributed by atoms with Crippen LogP contribution in [0.25, 0.3) is 0 Å². The Kier molecular flexibility index (Phi) is 4.44. The smallest absolute Gasteiger partial charge is 0.309 e. The average Bonchev–Trinajstić information content (AvgIpc) is 2.86. The van der Waals surface area contributed by atoms with Crippen molar-refractivity contribution in [3.8, 4) is 0 Å². The van der Waals surface area contributed by atoms with Gasteiger partial charge in [0, 0.05) is 31.4 Å². The molecule has 1 aromatic carbocycles. The number of hydrogen-bond donors (Lipinski definition) is 1. The van der Waals surface area contributed by atoms with Gasteiger partial charge in [0.1, 0.15) is 0 Å². The molecule has 0 bridgehead atoms. The summed E-state index contributed by atoms with van der Waals surface area (Å²) in [6.07, 6.45) is -0.552. The summed E-state index contributed by atoms with van der Waals surface area (Å²) in [4.78, 5) is 0. The molecule has 1 heterocycles. The van der Waals surface area contributed by atoms with E-state index in [1.165, 1.54) is 12.1 Å². The van der Waals surface area contributed by atoms with Gasteiger partial charge < -0.3 is 5.32 Å². The van der Waals surface area contributed by atoms with Crippen LogP contribution in [0.15, 0.2) is 36.7 Å². The number of rotatable bonds is 5. The number of benzene rings is 1. The van der Waals surface area contributed by atoms with Crippen LogP contribution in [0.3, 0.4) is 0 Å². The summed E-state index contributed by atoms with van der Waals surface area (Å²) in [5.41, 5.74) is 1.25. The molecule has 0 radical (unpaired) electrons. The summed E-state index contributed by atoms with van der Waals surface area (Å²) < 4.78 is 39.0. The Morgan fingerprint density at radius 3 is 2.30 bits per heavy atom. The van der Waals surface area contributed by atoms with E-state index in [1.54, 1.807) is 6.20 Å². The van der Waals surface area contributed by atoms with E-state index in [0.717, 1.165) is 29.8 Å². The Labute approximate surface area is 115 Å². The van der Waals surface area contributed by atoms with E-state index in [1.807, 2.05) is 17.8 Å². The molecule has 0 atom stereocenters. The zero-order chi connectivity index (χ0) is 14.6. The van der Waals surface area contributed by atoms with Crippen molar-refractivity contribution in [1.82, 2.24) is 15.1 Å². The molecule has 108 valence electrons. The molecule has 0 aliphatic carbocycles. The van der Waals surface area contributed by atoms with Gasteiger partial charge in [-0.3, -0.25) is 4.68 Å². The van der Waals surface area contributed by atoms with Crippen molar-refractivity contribution < 1.29 is 13.2 Å². The predicted molar refractivity (Wildman–Crippen MR) is 69.9 cm³/mol. The molecule has 0 spiro atoms. The maximum atomic E-state index is 12.4. The molecule has 0 amide bonds. The Hall–Kier alpha value is -1.82. The monoisotopic (exact) mass is 283 g/mol. The Balaban J connectivity index is 1.85. The topological polar surface area (TPSA) is 29.9 Å². The summed E-state index contributed by atoms with van der Waals surface area (Å²) in [5.74, 6) is 0. The molecule has 1 N–H and O–H groups in total. The zero-order valence-electron chi connectivity index (χ0n) is 11.1. The van der Waals surface area contributed by atoms with Crippen LogP contribution < -0.4 is 5.32 Å². The quantitative estimate of drug-likeness (QED) is 0.913. The molecule has 2 rings (SSSR count). The van der Waals surface area contributed by atoms with Crippen molar-refractivity contribution in [2.75, 3.05) is 0 Å². The number of aryl methyl sites for hydroxylation is 1. The largest absolute Gasteiger partial charge is 0.416 e. The third-order valence-electron chi connectivity index (χ3n) is 2.95. The van der Waals surface area contributed by atoms with Crippen LogP contribution in [-0.4, -0.2) is 9.78 Å². The highest BCUT2D eigenvalue weighted by atomic mass is 19.4. The van der Waals surface area contributed by atoms with Gasteiger partial charge in [0.25, 0.3) is 0 Å². The number of nitrogens with one attached hydrogen (secondary N) is 1. The van der Waals surface area contributed by atoms with Crippen LogP contribution in [0.1, 0.15) is 23.6 Å². The highest BCUT2D eigenvalue weighted by Gasteiger charge is 2.29. The molecule has 1 aromatic heterocycles. The molecule has 6 heteroatoms. The fourth-order valence-electron chi connectivity index (χ4n) is 1.83. The van der Waals surface area contributed by atoms with Gasteiger partial charge >= 0.3 is 6.18 Å². The van der Waals surface area contributed by atoms with E-state index in [0.29, 0.717) is 13.1 Å². The molecule has 0 unspecified atom stereocenters. The predicted octanol–water partition coefficient (Wildman–Crippen LogP) is 3.21. The summed E-state index contributed by atoms with van der Waals surface area (Å²) >= 11 is 0. The van der Waals surface area contributed by atoms with Gasteiger partial charge in [-0.1, -0.05) is 12.1 Å². The first-order valence-electron chi connectivity index (χ1n) is 6.37. The maximum absolute atomic E-state index is 12.4. The van der Waals surface area contributed by atoms with Gasteiger partial charge in [-0.25, -0.2) is 0 Å². The maximum Gasteiger partial charge on any atom is 0.416 e. The molecule has 0 fully saturated rings. The van der Waals surface area contributed by atoms with Gasteiger partial charge in [0.15, 0.2) is 0 Å². The van der Waals surface area contributed by atoms with Crippen LogP contribution >= 0.6 is 0 Å². The van der Waals surface area contributed by atoms with Gasteiger partial charge in [-0.15, -0.1) is 0 Å². The van der Waals surface area contributed by atoms with Gasteiger partial charge in [-0.05, 0) is 24.6 Å². The number of nitrogens with zero attached hydrogens (tertiary/aromatic N) is 2. The standard InChI is InChI=1S/C14H16F3N3/c1-2-20-10-12(9-19-20)8-18-7-11-3-5-13(6-4-11)14(15,16)17/h3-6,9-10,18H,2,7-8H2,1H3. The van der Waals surface area contributed by atoms with Crippen molar-refractivity contribution in [2.24, 2.45) is 0 Å². The molecule has 2 aromatic rings. The normalized spacial score (nSPS) is 11.8. The first kappa shape index (κ1) is 14.6. The summed E-state index contributed by atoms with van der Waals surface area (Å²) in [5, 5.41) is 7.33. The third kappa shape index (κ3) is 3.84. The van der Waals surface area contributed by atoms with Crippen LogP contribution in [0.5, 0.6) is 0 Å². The van der Waals surface area contributed by atoms with E-state index < -0.39 is 11.7 Å². The van der Waals surface area contributed by atoms with Crippen molar-refractivity contribution in [3.63, 3.8) is 0 Å². The summed E-state index contributed by atoms with van der Waals surface area (Å²) in [6, 6.07) is 5.19. The van der Waals surface area contributed by atoms with E-state index >= 15 is 0 Å². The number of halogens is 3. The lowest BCUT2D eigenvalue weighted by Crippen LogP contribution is -2.12. The second-order valence-electron chi connectivity index (χ2n) is 4.50. The molecule has 20 heavy (non-hydrogen) atoms. The lowest BCUT2D eigenvalue weighted by Gasteiger charge is -2.08. The van der Waals surface area contributed by atoms with E-state index in [2.05, 4.69) is 10.4 Å². The van der Waals surface area contributed by atoms with Crippen LogP contribution in [-0.2, 0) is 25.8 Å². The zero-order valence-corrected chi connectivity index (χ0v) is 11.1. The number of alkyl halides is 3. The first-order valence-corrected chi connectivity index (χ1v) is 6.37. The van der Waals surface area contributed by atoms with Crippen molar-refractivity contribution in [3.05, 3.63) is 53.3 Å². The van der Waals surface area contributed by atoms with E-state index in [4.69, 9.17) is 0 Å². The SMILES string of the molecule is CCn1cc(CNCc2ccc(C(F)(F)F)cc2)cn1. The van der Waals surface area contributed by atoms with Crippen molar-refractivity contribution in [1.29, 1.82) is 0 Å². The Morgan fingerprint density at radius 2 is 1.75 bits per heavy atom. The van der Waals surface area contributed by atoms with Gasteiger partial charge in [0.05, 0.1) is 11.8 Å². The molecule has 0 saturated carbocycles. The highest BCUT2D eigenvalue weighted by molar-refractivity contribution is 5.24. The molecular weight excluding hydrogens is 267 g/mol. The van der Waals surface area contributed by atoms with Crippen LogP contribution in [0.2, 0.25) is 0 Å². The molecule has 3 nitrogen and oxygen atoms in total. The molecule has 0 aliphatic heterocycles. The highest BCUT2D eigenvalue weighted by Crippen LogP contribution is 2.28. The molecule has 0 aliphatic rings. The van der Waals surface area contributed by atoms with Crippen molar-refractivity contribution in [2.45, 2.75) is 32.7 Å². The minimum atomic E-state index is -4.28. The van der Waals surface area contributed by atoms with Gasteiger partial charge in [-0.2, -0.15) is 18.3 Å². The lowest BCUT2D eigenvalue weighted by atomic mass is 10.1. The Bertz CT molecular complexity index is 544. The van der Waals surface area contributed by atoms with Crippen LogP contribution in [0, 0.1) is 0 Å². The van der Waals surface area contributed by atoms with E-state index in [-0.39, 0.29) is 0 Å². The fourth-order valence-corrected chi connectivity index (χ4v) is 1.83. The second-order valence-corrected chi connectivity index (χ2v) is 4.50. The average molecular weight is 283 g/mol. The summed E-state index contributed by atoms with van der Waals surface area (Å²) in [7, 11) is 0. The lowest BCUT2D eigenvalue weighted by molar-refractivity contribution is -0.137. The van der Waals surface area contributed by atoms with Gasteiger partial charge in [0.2, 0.25) is 0 Å². The second kappa shape index (κ2) is 6.09. The summed E-state index contributed by atoms with van der Waals surface area (Å²) in [6.45, 7) is 3.99. The minimum Gasteiger partial charge on any atom is -0.309 e. The molecule has 0 saturated heterocycles. The third-order valence-corrected chi connectivity index (χ3v) is 2.95. The number of hydrogen-bond acceptors (Lipinski definition) is 2. The minimum absolute atomic E-state index is 0.523. The fraction of sp³-hybridized carbons (Fsp3) is 0.357. The first-order chi connectivity index (χ1) is 9.49. The molecular formula is C14H16F3N3.